The smallest absolute Gasteiger partial charge is 0.330 e. The standard InChI is InChI=1S/C12H15NO4.ClH/c1-3-17-11(14)5-4-8-6-9(13)12(15)10(7-8)16-2;/h4-7,15H,3,13H2,1-2H3;1H. The van der Waals surface area contributed by atoms with E-state index in [9.17, 15) is 9.90 Å². The molecule has 0 aliphatic rings. The third-order valence-electron chi connectivity index (χ3n) is 2.05. The van der Waals surface area contributed by atoms with Gasteiger partial charge < -0.3 is 20.3 Å². The zero-order valence-corrected chi connectivity index (χ0v) is 11.0. The molecule has 0 unspecified atom stereocenters. The summed E-state index contributed by atoms with van der Waals surface area (Å²) in [5, 5.41) is 9.52. The van der Waals surface area contributed by atoms with E-state index in [1.165, 1.54) is 25.3 Å². The van der Waals surface area contributed by atoms with Crippen molar-refractivity contribution in [2.75, 3.05) is 19.5 Å². The van der Waals surface area contributed by atoms with Crippen molar-refractivity contribution in [3.05, 3.63) is 23.8 Å². The molecule has 0 saturated heterocycles. The molecule has 5 nitrogen and oxygen atoms in total. The van der Waals surface area contributed by atoms with E-state index in [4.69, 9.17) is 15.2 Å². The highest BCUT2D eigenvalue weighted by Crippen LogP contribution is 2.33. The summed E-state index contributed by atoms with van der Waals surface area (Å²) in [4.78, 5) is 11.1. The molecule has 100 valence electrons. The molecule has 0 bridgehead atoms. The largest absolute Gasteiger partial charge is 0.503 e. The molecular formula is C12H16ClNO4. The van der Waals surface area contributed by atoms with Gasteiger partial charge in [-0.3, -0.25) is 0 Å². The van der Waals surface area contributed by atoms with Gasteiger partial charge in [0.1, 0.15) is 0 Å². The molecule has 0 aromatic heterocycles. The van der Waals surface area contributed by atoms with Crippen molar-refractivity contribution in [1.29, 1.82) is 0 Å². The molecule has 0 aliphatic carbocycles. The van der Waals surface area contributed by atoms with Gasteiger partial charge in [-0.25, -0.2) is 4.79 Å². The second kappa shape index (κ2) is 7.45. The number of phenols is 1. The molecule has 0 heterocycles. The van der Waals surface area contributed by atoms with Crippen LogP contribution in [-0.4, -0.2) is 24.8 Å². The first-order valence-electron chi connectivity index (χ1n) is 5.09. The summed E-state index contributed by atoms with van der Waals surface area (Å²) in [6.45, 7) is 2.05. The van der Waals surface area contributed by atoms with E-state index >= 15 is 0 Å². The van der Waals surface area contributed by atoms with Crippen molar-refractivity contribution in [1.82, 2.24) is 0 Å². The number of nitrogens with two attached hydrogens (primary N) is 1. The minimum Gasteiger partial charge on any atom is -0.503 e. The lowest BCUT2D eigenvalue weighted by atomic mass is 10.1. The van der Waals surface area contributed by atoms with Crippen LogP contribution in [0.2, 0.25) is 0 Å². The summed E-state index contributed by atoms with van der Waals surface area (Å²) in [5.74, 6) is -0.285. The van der Waals surface area contributed by atoms with Crippen LogP contribution in [0.15, 0.2) is 18.2 Å². The van der Waals surface area contributed by atoms with E-state index < -0.39 is 5.97 Å². The first kappa shape index (κ1) is 16.1. The lowest BCUT2D eigenvalue weighted by molar-refractivity contribution is -0.137. The number of carbonyl (C=O) groups is 1. The fourth-order valence-corrected chi connectivity index (χ4v) is 1.26. The van der Waals surface area contributed by atoms with Gasteiger partial charge in [0.15, 0.2) is 11.5 Å². The minimum absolute atomic E-state index is 0. The molecule has 1 aromatic rings. The number of anilines is 1. The summed E-state index contributed by atoms with van der Waals surface area (Å²) < 4.78 is 9.68. The van der Waals surface area contributed by atoms with Crippen LogP contribution >= 0.6 is 12.4 Å². The monoisotopic (exact) mass is 273 g/mol. The number of benzene rings is 1. The fourth-order valence-electron chi connectivity index (χ4n) is 1.26. The van der Waals surface area contributed by atoms with Gasteiger partial charge >= 0.3 is 5.97 Å². The van der Waals surface area contributed by atoms with Crippen LogP contribution in [-0.2, 0) is 9.53 Å². The van der Waals surface area contributed by atoms with E-state index in [1.807, 2.05) is 0 Å². The van der Waals surface area contributed by atoms with Gasteiger partial charge in [-0.1, -0.05) is 0 Å². The van der Waals surface area contributed by atoms with E-state index in [0.717, 1.165) is 0 Å². The zero-order chi connectivity index (χ0) is 12.8. The molecule has 0 aliphatic heterocycles. The second-order valence-electron chi connectivity index (χ2n) is 3.25. The van der Waals surface area contributed by atoms with Gasteiger partial charge in [0.2, 0.25) is 0 Å². The van der Waals surface area contributed by atoms with Gasteiger partial charge in [-0.15, -0.1) is 12.4 Å². The average Bonchev–Trinajstić information content (AvgIpc) is 2.31. The lowest BCUT2D eigenvalue weighted by Gasteiger charge is -2.07. The fraction of sp³-hybridized carbons (Fsp3) is 0.250. The SMILES string of the molecule is CCOC(=O)C=Cc1cc(N)c(O)c(OC)c1.Cl. The minimum atomic E-state index is -0.432. The maximum atomic E-state index is 11.1. The first-order chi connectivity index (χ1) is 8.08. The van der Waals surface area contributed by atoms with Crippen molar-refractivity contribution >= 4 is 30.1 Å². The maximum absolute atomic E-state index is 11.1. The van der Waals surface area contributed by atoms with Crippen LogP contribution in [0.5, 0.6) is 11.5 Å². The number of ether oxygens (including phenoxy) is 2. The van der Waals surface area contributed by atoms with E-state index in [0.29, 0.717) is 12.2 Å². The Bertz CT molecular complexity index is 446. The predicted octanol–water partition coefficient (Wildman–Crippen LogP) is 1.98. The summed E-state index contributed by atoms with van der Waals surface area (Å²) in [6, 6.07) is 3.11. The van der Waals surface area contributed by atoms with Crippen molar-refractivity contribution in [2.45, 2.75) is 6.92 Å². The third kappa shape index (κ3) is 4.18. The number of aromatic hydroxyl groups is 1. The Morgan fingerprint density at radius 1 is 1.50 bits per heavy atom. The van der Waals surface area contributed by atoms with Crippen LogP contribution < -0.4 is 10.5 Å². The van der Waals surface area contributed by atoms with Crippen molar-refractivity contribution in [2.24, 2.45) is 0 Å². The molecule has 1 rings (SSSR count). The number of rotatable bonds is 4. The molecule has 18 heavy (non-hydrogen) atoms. The van der Waals surface area contributed by atoms with Crippen LogP contribution in [0.25, 0.3) is 6.08 Å². The summed E-state index contributed by atoms with van der Waals surface area (Å²) >= 11 is 0. The molecular weight excluding hydrogens is 258 g/mol. The molecule has 0 radical (unpaired) electrons. The number of phenolic OH excluding ortho intramolecular Hbond substituents is 1. The van der Waals surface area contributed by atoms with Crippen LogP contribution in [0.1, 0.15) is 12.5 Å². The van der Waals surface area contributed by atoms with Crippen molar-refractivity contribution < 1.29 is 19.4 Å². The van der Waals surface area contributed by atoms with Gasteiger partial charge in [0, 0.05) is 6.08 Å². The summed E-state index contributed by atoms with van der Waals surface area (Å²) in [7, 11) is 1.42. The second-order valence-corrected chi connectivity index (χ2v) is 3.25. The topological polar surface area (TPSA) is 81.8 Å². The van der Waals surface area contributed by atoms with Crippen LogP contribution in [0.4, 0.5) is 5.69 Å². The number of esters is 1. The Kier molecular flexibility index (Phi) is 6.67. The zero-order valence-electron chi connectivity index (χ0n) is 10.2. The van der Waals surface area contributed by atoms with Gasteiger partial charge in [-0.2, -0.15) is 0 Å². The normalized spacial score (nSPS) is 9.89. The third-order valence-corrected chi connectivity index (χ3v) is 2.05. The quantitative estimate of drug-likeness (QED) is 0.379. The van der Waals surface area contributed by atoms with Gasteiger partial charge in [-0.05, 0) is 30.7 Å². The number of hydrogen-bond donors (Lipinski definition) is 2. The van der Waals surface area contributed by atoms with E-state index in [2.05, 4.69) is 0 Å². The highest BCUT2D eigenvalue weighted by molar-refractivity contribution is 5.87. The highest BCUT2D eigenvalue weighted by Gasteiger charge is 2.06. The Morgan fingerprint density at radius 2 is 2.17 bits per heavy atom. The summed E-state index contributed by atoms with van der Waals surface area (Å²) in [5.41, 5.74) is 6.41. The molecule has 6 heteroatoms. The van der Waals surface area contributed by atoms with Gasteiger partial charge in [0.05, 0.1) is 19.4 Å². The molecule has 0 amide bonds. The van der Waals surface area contributed by atoms with Crippen LogP contribution in [0.3, 0.4) is 0 Å². The van der Waals surface area contributed by atoms with Gasteiger partial charge in [0.25, 0.3) is 0 Å². The number of nitrogen functional groups attached to an aromatic ring is 1. The Labute approximate surface area is 112 Å². The van der Waals surface area contributed by atoms with E-state index in [1.54, 1.807) is 13.0 Å². The maximum Gasteiger partial charge on any atom is 0.330 e. The molecule has 0 spiro atoms. The molecule has 1 aromatic carbocycles. The molecule has 0 atom stereocenters. The molecule has 0 fully saturated rings. The van der Waals surface area contributed by atoms with E-state index in [-0.39, 0.29) is 29.6 Å². The molecule has 3 N–H and O–H groups in total. The Morgan fingerprint density at radius 3 is 2.72 bits per heavy atom. The highest BCUT2D eigenvalue weighted by atomic mass is 35.5. The number of carbonyl (C=O) groups excluding carboxylic acids is 1. The number of methoxy groups -OCH3 is 1. The Balaban J connectivity index is 0.00000289. The number of halogens is 1. The summed E-state index contributed by atoms with van der Waals surface area (Å²) in [6.07, 6.45) is 2.82. The van der Waals surface area contributed by atoms with Crippen molar-refractivity contribution in [3.63, 3.8) is 0 Å². The number of hydrogen-bond acceptors (Lipinski definition) is 5. The predicted molar refractivity (Wildman–Crippen MR) is 72.0 cm³/mol. The lowest BCUT2D eigenvalue weighted by Crippen LogP contribution is -1.98. The Hall–Kier alpha value is -1.88. The first-order valence-corrected chi connectivity index (χ1v) is 5.09. The average molecular weight is 274 g/mol. The van der Waals surface area contributed by atoms with Crippen molar-refractivity contribution in [3.8, 4) is 11.5 Å². The molecule has 0 saturated carbocycles. The van der Waals surface area contributed by atoms with Crippen LogP contribution in [0, 0.1) is 0 Å².